The van der Waals surface area contributed by atoms with Crippen molar-refractivity contribution in [2.75, 3.05) is 38.7 Å². The van der Waals surface area contributed by atoms with E-state index in [0.717, 1.165) is 25.3 Å². The summed E-state index contributed by atoms with van der Waals surface area (Å²) in [5.41, 5.74) is 0.592. The molecule has 0 aliphatic carbocycles. The fourth-order valence-corrected chi connectivity index (χ4v) is 2.14. The van der Waals surface area contributed by atoms with Crippen LogP contribution in [0.2, 0.25) is 0 Å². The molecule has 1 aromatic heterocycles. The average Bonchev–Trinajstić information content (AvgIpc) is 2.69. The van der Waals surface area contributed by atoms with Crippen molar-refractivity contribution in [2.45, 2.75) is 6.42 Å². The van der Waals surface area contributed by atoms with Crippen LogP contribution >= 0.6 is 0 Å². The van der Waals surface area contributed by atoms with E-state index in [0.29, 0.717) is 11.3 Å². The Hall–Kier alpha value is -2.93. The summed E-state index contributed by atoms with van der Waals surface area (Å²) in [7, 11) is 1.30. The minimum absolute atomic E-state index is 0.00204. The first-order valence-electron chi connectivity index (χ1n) is 8.37. The molecule has 26 heavy (non-hydrogen) atoms. The Morgan fingerprint density at radius 3 is 2.58 bits per heavy atom. The zero-order valence-corrected chi connectivity index (χ0v) is 14.7. The van der Waals surface area contributed by atoms with E-state index in [1.165, 1.54) is 7.11 Å². The Kier molecular flexibility index (Phi) is 8.08. The third-order valence-corrected chi connectivity index (χ3v) is 3.55. The van der Waals surface area contributed by atoms with Gasteiger partial charge in [0.25, 0.3) is 0 Å². The number of ketones is 1. The van der Waals surface area contributed by atoms with Crippen LogP contribution in [0.25, 0.3) is 0 Å². The SMILES string of the molecule is COC(=O)COc1ccc(C(=O)CNCCCNc2ccccn2)cc1. The maximum atomic E-state index is 12.1. The summed E-state index contributed by atoms with van der Waals surface area (Å²) in [6.07, 6.45) is 2.62. The predicted molar refractivity (Wildman–Crippen MR) is 98.5 cm³/mol. The van der Waals surface area contributed by atoms with Gasteiger partial charge < -0.3 is 20.1 Å². The van der Waals surface area contributed by atoms with Crippen molar-refractivity contribution in [3.05, 3.63) is 54.2 Å². The third kappa shape index (κ3) is 6.90. The molecule has 0 unspecified atom stereocenters. The van der Waals surface area contributed by atoms with Gasteiger partial charge in [0.2, 0.25) is 0 Å². The molecule has 0 radical (unpaired) electrons. The molecule has 0 saturated heterocycles. The summed E-state index contributed by atoms with van der Waals surface area (Å²) in [5, 5.41) is 6.34. The molecule has 0 saturated carbocycles. The van der Waals surface area contributed by atoms with Crippen LogP contribution in [-0.4, -0.2) is 50.1 Å². The largest absolute Gasteiger partial charge is 0.482 e. The van der Waals surface area contributed by atoms with E-state index in [4.69, 9.17) is 4.74 Å². The molecular formula is C19H23N3O4. The highest BCUT2D eigenvalue weighted by Gasteiger charge is 2.06. The monoisotopic (exact) mass is 357 g/mol. The molecule has 1 heterocycles. The molecule has 2 aromatic rings. The number of aromatic nitrogens is 1. The summed E-state index contributed by atoms with van der Waals surface area (Å²) in [4.78, 5) is 27.3. The molecule has 0 aliphatic heterocycles. The molecule has 138 valence electrons. The van der Waals surface area contributed by atoms with E-state index in [2.05, 4.69) is 20.4 Å². The molecule has 7 nitrogen and oxygen atoms in total. The number of rotatable bonds is 11. The molecule has 2 N–H and O–H groups in total. The number of benzene rings is 1. The second kappa shape index (κ2) is 10.8. The number of methoxy groups -OCH3 is 1. The molecule has 0 fully saturated rings. The van der Waals surface area contributed by atoms with Gasteiger partial charge in [-0.15, -0.1) is 0 Å². The van der Waals surface area contributed by atoms with Crippen LogP contribution in [-0.2, 0) is 9.53 Å². The summed E-state index contributed by atoms with van der Waals surface area (Å²) in [5.74, 6) is 0.910. The number of hydrogen-bond donors (Lipinski definition) is 2. The Balaban J connectivity index is 1.62. The van der Waals surface area contributed by atoms with Gasteiger partial charge in [-0.2, -0.15) is 0 Å². The van der Waals surface area contributed by atoms with Crippen LogP contribution in [0.5, 0.6) is 5.75 Å². The topological polar surface area (TPSA) is 89.5 Å². The number of carbonyl (C=O) groups excluding carboxylic acids is 2. The lowest BCUT2D eigenvalue weighted by Gasteiger charge is -2.07. The van der Waals surface area contributed by atoms with Crippen molar-refractivity contribution >= 4 is 17.6 Å². The van der Waals surface area contributed by atoms with Crippen LogP contribution in [0.15, 0.2) is 48.7 Å². The van der Waals surface area contributed by atoms with Gasteiger partial charge in [-0.3, -0.25) is 4.79 Å². The number of hydrogen-bond acceptors (Lipinski definition) is 7. The highest BCUT2D eigenvalue weighted by atomic mass is 16.6. The third-order valence-electron chi connectivity index (χ3n) is 3.55. The Morgan fingerprint density at radius 1 is 1.08 bits per heavy atom. The van der Waals surface area contributed by atoms with E-state index in [9.17, 15) is 9.59 Å². The quantitative estimate of drug-likeness (QED) is 0.361. The molecule has 0 bridgehead atoms. The second-order valence-corrected chi connectivity index (χ2v) is 5.48. The molecule has 2 rings (SSSR count). The first-order chi connectivity index (χ1) is 12.7. The van der Waals surface area contributed by atoms with Gasteiger partial charge in [-0.25, -0.2) is 9.78 Å². The number of esters is 1. The minimum Gasteiger partial charge on any atom is -0.482 e. The number of ether oxygens (including phenoxy) is 2. The number of anilines is 1. The van der Waals surface area contributed by atoms with Crippen LogP contribution in [0.3, 0.4) is 0 Å². The van der Waals surface area contributed by atoms with E-state index in [-0.39, 0.29) is 18.9 Å². The van der Waals surface area contributed by atoms with Crippen LogP contribution < -0.4 is 15.4 Å². The number of Topliss-reactive ketones (excluding diaryl/α,β-unsaturated/α-hetero) is 1. The molecule has 0 amide bonds. The molecular weight excluding hydrogens is 334 g/mol. The van der Waals surface area contributed by atoms with Crippen LogP contribution in [0, 0.1) is 0 Å². The first kappa shape index (κ1) is 19.4. The normalized spacial score (nSPS) is 10.2. The lowest BCUT2D eigenvalue weighted by Crippen LogP contribution is -2.25. The number of nitrogens with zero attached hydrogens (tertiary/aromatic N) is 1. The average molecular weight is 357 g/mol. The van der Waals surface area contributed by atoms with E-state index < -0.39 is 5.97 Å². The Labute approximate surface area is 152 Å². The minimum atomic E-state index is -0.452. The summed E-state index contributed by atoms with van der Waals surface area (Å²) in [6, 6.07) is 12.4. The lowest BCUT2D eigenvalue weighted by molar-refractivity contribution is -0.142. The van der Waals surface area contributed by atoms with Crippen molar-refractivity contribution in [3.8, 4) is 5.75 Å². The van der Waals surface area contributed by atoms with Crippen molar-refractivity contribution in [2.24, 2.45) is 0 Å². The molecule has 1 aromatic carbocycles. The fraction of sp³-hybridized carbons (Fsp3) is 0.316. The van der Waals surface area contributed by atoms with Crippen LogP contribution in [0.1, 0.15) is 16.8 Å². The second-order valence-electron chi connectivity index (χ2n) is 5.48. The Bertz CT molecular complexity index is 690. The fourth-order valence-electron chi connectivity index (χ4n) is 2.14. The van der Waals surface area contributed by atoms with E-state index in [1.54, 1.807) is 30.5 Å². The van der Waals surface area contributed by atoms with E-state index in [1.807, 2.05) is 18.2 Å². The van der Waals surface area contributed by atoms with Gasteiger partial charge in [-0.1, -0.05) is 6.07 Å². The van der Waals surface area contributed by atoms with Gasteiger partial charge in [0, 0.05) is 18.3 Å². The number of nitrogens with one attached hydrogen (secondary N) is 2. The zero-order chi connectivity index (χ0) is 18.6. The molecule has 0 aliphatic rings. The lowest BCUT2D eigenvalue weighted by atomic mass is 10.1. The van der Waals surface area contributed by atoms with Crippen molar-refractivity contribution in [1.82, 2.24) is 10.3 Å². The highest BCUT2D eigenvalue weighted by Crippen LogP contribution is 2.12. The van der Waals surface area contributed by atoms with Gasteiger partial charge in [0.05, 0.1) is 13.7 Å². The molecule has 7 heteroatoms. The van der Waals surface area contributed by atoms with Crippen molar-refractivity contribution in [3.63, 3.8) is 0 Å². The maximum Gasteiger partial charge on any atom is 0.343 e. The summed E-state index contributed by atoms with van der Waals surface area (Å²) in [6.45, 7) is 1.63. The van der Waals surface area contributed by atoms with Gasteiger partial charge in [-0.05, 0) is 49.4 Å². The summed E-state index contributed by atoms with van der Waals surface area (Å²) < 4.78 is 9.74. The first-order valence-corrected chi connectivity index (χ1v) is 8.37. The number of pyridine rings is 1. The predicted octanol–water partition coefficient (Wildman–Crippen LogP) is 1.91. The van der Waals surface area contributed by atoms with Crippen molar-refractivity contribution < 1.29 is 19.1 Å². The molecule has 0 spiro atoms. The van der Waals surface area contributed by atoms with Gasteiger partial charge in [0.15, 0.2) is 12.4 Å². The Morgan fingerprint density at radius 2 is 1.88 bits per heavy atom. The van der Waals surface area contributed by atoms with Gasteiger partial charge >= 0.3 is 5.97 Å². The molecule has 0 atom stereocenters. The highest BCUT2D eigenvalue weighted by molar-refractivity contribution is 5.97. The smallest absolute Gasteiger partial charge is 0.343 e. The standard InChI is InChI=1S/C19H23N3O4/c1-25-19(24)14-26-16-8-6-15(7-9-16)17(23)13-20-10-4-12-22-18-5-2-3-11-21-18/h2-3,5-9,11,20H,4,10,12-14H2,1H3,(H,21,22). The number of carbonyl (C=O) groups is 2. The van der Waals surface area contributed by atoms with Gasteiger partial charge in [0.1, 0.15) is 11.6 Å². The maximum absolute atomic E-state index is 12.1. The van der Waals surface area contributed by atoms with Crippen molar-refractivity contribution in [1.29, 1.82) is 0 Å². The zero-order valence-electron chi connectivity index (χ0n) is 14.7. The van der Waals surface area contributed by atoms with E-state index >= 15 is 0 Å². The summed E-state index contributed by atoms with van der Waals surface area (Å²) >= 11 is 0. The van der Waals surface area contributed by atoms with Crippen LogP contribution in [0.4, 0.5) is 5.82 Å².